The Kier molecular flexibility index (Phi) is 5.63. The highest BCUT2D eigenvalue weighted by Crippen LogP contribution is 2.24. The Hall–Kier alpha value is -3.41. The summed E-state index contributed by atoms with van der Waals surface area (Å²) in [4.78, 5) is 24.3. The number of hydrogen-bond donors (Lipinski definition) is 2. The maximum absolute atomic E-state index is 12.6. The molecule has 0 bridgehead atoms. The lowest BCUT2D eigenvalue weighted by atomic mass is 9.99. The number of carbonyl (C=O) groups is 1. The molecule has 8 nitrogen and oxygen atoms in total. The van der Waals surface area contributed by atoms with Crippen LogP contribution in [0.4, 0.5) is 0 Å². The lowest BCUT2D eigenvalue weighted by Gasteiger charge is -2.33. The third-order valence-electron chi connectivity index (χ3n) is 5.62. The number of aryl methyl sites for hydroxylation is 1. The van der Waals surface area contributed by atoms with Crippen molar-refractivity contribution in [3.8, 4) is 17.2 Å². The molecule has 1 fully saturated rings. The second-order valence-electron chi connectivity index (χ2n) is 7.92. The molecule has 1 amide bonds. The quantitative estimate of drug-likeness (QED) is 0.651. The fourth-order valence-corrected chi connectivity index (χ4v) is 3.69. The largest absolute Gasteiger partial charge is 0.419 e. The lowest BCUT2D eigenvalue weighted by molar-refractivity contribution is -0.148. The Morgan fingerprint density at radius 2 is 2.03 bits per heavy atom. The zero-order valence-corrected chi connectivity index (χ0v) is 17.5. The second-order valence-corrected chi connectivity index (χ2v) is 7.92. The Morgan fingerprint density at radius 3 is 2.71 bits per heavy atom. The number of amides is 1. The topological polar surface area (TPSA) is 109 Å². The van der Waals surface area contributed by atoms with Crippen LogP contribution in [-0.2, 0) is 23.0 Å². The van der Waals surface area contributed by atoms with Crippen molar-refractivity contribution in [3.05, 3.63) is 58.6 Å². The van der Waals surface area contributed by atoms with Crippen molar-refractivity contribution < 1.29 is 13.9 Å². The molecule has 2 aromatic carbocycles. The summed E-state index contributed by atoms with van der Waals surface area (Å²) in [6.45, 7) is 3.31. The lowest BCUT2D eigenvalue weighted by Crippen LogP contribution is -2.58. The summed E-state index contributed by atoms with van der Waals surface area (Å²) in [5, 5.41) is 15.5. The van der Waals surface area contributed by atoms with Crippen molar-refractivity contribution in [1.29, 1.82) is 5.26 Å². The summed E-state index contributed by atoms with van der Waals surface area (Å²) >= 11 is 0. The van der Waals surface area contributed by atoms with E-state index in [2.05, 4.69) is 16.7 Å². The van der Waals surface area contributed by atoms with Gasteiger partial charge in [0.15, 0.2) is 11.2 Å². The monoisotopic (exact) mass is 420 g/mol. The van der Waals surface area contributed by atoms with Crippen molar-refractivity contribution in [2.24, 2.45) is 7.05 Å². The number of nitrogens with one attached hydrogen (secondary N) is 2. The molecule has 1 saturated heterocycles. The number of hydrogen-bond acceptors (Lipinski definition) is 6. The molecular weight excluding hydrogens is 396 g/mol. The number of nitriles is 1. The van der Waals surface area contributed by atoms with Gasteiger partial charge in [0.25, 0.3) is 5.91 Å². The zero-order chi connectivity index (χ0) is 22.0. The van der Waals surface area contributed by atoms with Crippen LogP contribution >= 0.6 is 0 Å². The molecule has 31 heavy (non-hydrogen) atoms. The molecular formula is C23H24N4O4. The van der Waals surface area contributed by atoms with Gasteiger partial charge in [-0.3, -0.25) is 9.36 Å². The minimum Gasteiger partial charge on any atom is -0.408 e. The molecule has 2 heterocycles. The number of oxazole rings is 1. The molecule has 0 aliphatic carbocycles. The van der Waals surface area contributed by atoms with Gasteiger partial charge in [0.05, 0.1) is 18.2 Å². The van der Waals surface area contributed by atoms with E-state index in [0.717, 1.165) is 22.2 Å². The number of fused-ring (bicyclic) bond motifs is 1. The summed E-state index contributed by atoms with van der Waals surface area (Å²) in [5.41, 5.74) is 3.17. The van der Waals surface area contributed by atoms with Crippen molar-refractivity contribution in [2.45, 2.75) is 25.0 Å². The molecule has 4 rings (SSSR count). The average molecular weight is 420 g/mol. The predicted octanol–water partition coefficient (Wildman–Crippen LogP) is 1.73. The number of nitrogens with zero attached hydrogens (tertiary/aromatic N) is 2. The minimum atomic E-state index is -0.969. The van der Waals surface area contributed by atoms with Crippen molar-refractivity contribution in [2.75, 3.05) is 19.7 Å². The summed E-state index contributed by atoms with van der Waals surface area (Å²) in [6, 6.07) is 14.9. The molecule has 1 aliphatic rings. The third-order valence-corrected chi connectivity index (χ3v) is 5.62. The van der Waals surface area contributed by atoms with E-state index < -0.39 is 17.4 Å². The van der Waals surface area contributed by atoms with Crippen LogP contribution < -0.4 is 16.4 Å². The van der Waals surface area contributed by atoms with Crippen LogP contribution in [0.5, 0.6) is 0 Å². The second kappa shape index (κ2) is 8.38. The SMILES string of the molecule is Cn1c(=O)oc2ccc(-c3ccc(C[C@@H](C#N)NC(=O)[C@]4(C)CNCCO4)cc3)cc21. The third kappa shape index (κ3) is 4.24. The van der Waals surface area contributed by atoms with Gasteiger partial charge in [-0.2, -0.15) is 5.26 Å². The van der Waals surface area contributed by atoms with Gasteiger partial charge in [0.1, 0.15) is 6.04 Å². The molecule has 3 aromatic rings. The van der Waals surface area contributed by atoms with Crippen molar-refractivity contribution in [3.63, 3.8) is 0 Å². The number of benzene rings is 2. The first-order valence-corrected chi connectivity index (χ1v) is 10.1. The molecule has 2 N–H and O–H groups in total. The highest BCUT2D eigenvalue weighted by Gasteiger charge is 2.37. The summed E-state index contributed by atoms with van der Waals surface area (Å²) in [5.74, 6) is -0.683. The smallest absolute Gasteiger partial charge is 0.408 e. The van der Waals surface area contributed by atoms with Gasteiger partial charge in [-0.15, -0.1) is 0 Å². The molecule has 8 heteroatoms. The molecule has 0 radical (unpaired) electrons. The molecule has 0 spiro atoms. The van der Waals surface area contributed by atoms with E-state index in [1.165, 1.54) is 4.57 Å². The predicted molar refractivity (Wildman–Crippen MR) is 115 cm³/mol. The molecule has 160 valence electrons. The van der Waals surface area contributed by atoms with Gasteiger partial charge in [-0.1, -0.05) is 30.3 Å². The number of morpholine rings is 1. The van der Waals surface area contributed by atoms with Gasteiger partial charge in [0.2, 0.25) is 0 Å². The Labute approximate surface area is 179 Å². The van der Waals surface area contributed by atoms with Gasteiger partial charge in [0, 0.05) is 26.6 Å². The molecule has 0 unspecified atom stereocenters. The number of carbonyl (C=O) groups excluding carboxylic acids is 1. The van der Waals surface area contributed by atoms with E-state index in [9.17, 15) is 14.9 Å². The standard InChI is InChI=1S/C23H24N4O4/c1-23(14-25-9-10-30-23)21(28)26-18(13-24)11-15-3-5-16(6-4-15)17-7-8-20-19(12-17)27(2)22(29)31-20/h3-8,12,18,25H,9-11,14H2,1-2H3,(H,26,28)/t18-,23-/m0/s1. The fraction of sp³-hybridized carbons (Fsp3) is 0.348. The minimum absolute atomic E-state index is 0.290. The molecule has 1 aromatic heterocycles. The Morgan fingerprint density at radius 1 is 1.29 bits per heavy atom. The van der Waals surface area contributed by atoms with Gasteiger partial charge < -0.3 is 19.8 Å². The molecule has 2 atom stereocenters. The Balaban J connectivity index is 1.46. The van der Waals surface area contributed by atoms with Crippen molar-refractivity contribution in [1.82, 2.24) is 15.2 Å². The van der Waals surface area contributed by atoms with Crippen LogP contribution in [-0.4, -0.2) is 41.8 Å². The summed E-state index contributed by atoms with van der Waals surface area (Å²) in [7, 11) is 1.67. The van der Waals surface area contributed by atoms with E-state index in [1.807, 2.05) is 36.4 Å². The van der Waals surface area contributed by atoms with Crippen LogP contribution in [0.2, 0.25) is 0 Å². The number of aromatic nitrogens is 1. The van der Waals surface area contributed by atoms with E-state index >= 15 is 0 Å². The first-order chi connectivity index (χ1) is 14.9. The maximum atomic E-state index is 12.6. The van der Waals surface area contributed by atoms with Crippen LogP contribution in [0.25, 0.3) is 22.2 Å². The van der Waals surface area contributed by atoms with E-state index in [0.29, 0.717) is 31.7 Å². The maximum Gasteiger partial charge on any atom is 0.419 e. The van der Waals surface area contributed by atoms with Crippen LogP contribution in [0.3, 0.4) is 0 Å². The first-order valence-electron chi connectivity index (χ1n) is 10.1. The van der Waals surface area contributed by atoms with Gasteiger partial charge >= 0.3 is 5.76 Å². The average Bonchev–Trinajstić information content (AvgIpc) is 3.07. The highest BCUT2D eigenvalue weighted by molar-refractivity contribution is 5.85. The van der Waals surface area contributed by atoms with E-state index in [1.54, 1.807) is 20.0 Å². The van der Waals surface area contributed by atoms with E-state index in [-0.39, 0.29) is 5.91 Å². The van der Waals surface area contributed by atoms with Crippen molar-refractivity contribution >= 4 is 17.0 Å². The summed E-state index contributed by atoms with van der Waals surface area (Å²) in [6.07, 6.45) is 0.390. The Bertz CT molecular complexity index is 1200. The normalized spacial score (nSPS) is 19.6. The van der Waals surface area contributed by atoms with E-state index in [4.69, 9.17) is 9.15 Å². The van der Waals surface area contributed by atoms with Gasteiger partial charge in [-0.25, -0.2) is 4.79 Å². The highest BCUT2D eigenvalue weighted by atomic mass is 16.5. The summed E-state index contributed by atoms with van der Waals surface area (Å²) < 4.78 is 12.3. The van der Waals surface area contributed by atoms with Gasteiger partial charge in [-0.05, 0) is 35.7 Å². The van der Waals surface area contributed by atoms with Crippen LogP contribution in [0, 0.1) is 11.3 Å². The molecule has 1 aliphatic heterocycles. The molecule has 0 saturated carbocycles. The van der Waals surface area contributed by atoms with Crippen LogP contribution in [0.1, 0.15) is 12.5 Å². The first kappa shape index (κ1) is 20.8. The number of rotatable bonds is 5. The number of ether oxygens (including phenoxy) is 1. The fourth-order valence-electron chi connectivity index (χ4n) is 3.69. The zero-order valence-electron chi connectivity index (χ0n) is 17.5. The van der Waals surface area contributed by atoms with Crippen LogP contribution in [0.15, 0.2) is 51.7 Å².